The number of carbonyl (C=O) groups excluding carboxylic acids is 1. The molecule has 1 rings (SSSR count). The highest BCUT2D eigenvalue weighted by Crippen LogP contribution is 2.26. The third-order valence-electron chi connectivity index (χ3n) is 3.11. The molecule has 0 aromatic heterocycles. The summed E-state index contributed by atoms with van der Waals surface area (Å²) in [5.41, 5.74) is 0. The maximum Gasteiger partial charge on any atom is 0.236 e. The summed E-state index contributed by atoms with van der Waals surface area (Å²) in [6.07, 6.45) is 3.57. The summed E-state index contributed by atoms with van der Waals surface area (Å²) in [5, 5.41) is 3.24. The largest absolute Gasteiger partial charge is 0.339 e. The van der Waals surface area contributed by atoms with Gasteiger partial charge in [0.05, 0.1) is 6.54 Å². The minimum Gasteiger partial charge on any atom is -0.339 e. The van der Waals surface area contributed by atoms with Crippen molar-refractivity contribution >= 4 is 5.91 Å². The molecule has 0 saturated heterocycles. The van der Waals surface area contributed by atoms with Crippen molar-refractivity contribution in [2.45, 2.75) is 46.1 Å². The first-order chi connectivity index (χ1) is 7.19. The zero-order valence-electron chi connectivity index (χ0n) is 10.3. The quantitative estimate of drug-likeness (QED) is 0.695. The van der Waals surface area contributed by atoms with E-state index < -0.39 is 0 Å². The van der Waals surface area contributed by atoms with Gasteiger partial charge in [-0.25, -0.2) is 0 Å². The molecule has 0 bridgehead atoms. The molecular weight excluding hydrogens is 188 g/mol. The van der Waals surface area contributed by atoms with Gasteiger partial charge < -0.3 is 10.2 Å². The Kier molecular flexibility index (Phi) is 5.09. The van der Waals surface area contributed by atoms with Crippen LogP contribution >= 0.6 is 0 Å². The lowest BCUT2D eigenvalue weighted by molar-refractivity contribution is -0.130. The zero-order valence-corrected chi connectivity index (χ0v) is 10.3. The summed E-state index contributed by atoms with van der Waals surface area (Å²) in [4.78, 5) is 13.8. The van der Waals surface area contributed by atoms with E-state index in [1.807, 2.05) is 4.90 Å². The Morgan fingerprint density at radius 3 is 2.60 bits per heavy atom. The van der Waals surface area contributed by atoms with E-state index in [0.29, 0.717) is 18.5 Å². The molecule has 1 atom stereocenters. The van der Waals surface area contributed by atoms with Crippen molar-refractivity contribution < 1.29 is 4.79 Å². The van der Waals surface area contributed by atoms with E-state index in [0.717, 1.165) is 13.1 Å². The first-order valence-electron chi connectivity index (χ1n) is 6.19. The molecule has 1 amide bonds. The predicted octanol–water partition coefficient (Wildman–Crippen LogP) is 1.63. The Labute approximate surface area is 93.2 Å². The van der Waals surface area contributed by atoms with Crippen molar-refractivity contribution in [3.8, 4) is 0 Å². The number of rotatable bonds is 7. The van der Waals surface area contributed by atoms with Gasteiger partial charge in [-0.3, -0.25) is 4.79 Å². The predicted molar refractivity (Wildman–Crippen MR) is 62.7 cm³/mol. The summed E-state index contributed by atoms with van der Waals surface area (Å²) in [6.45, 7) is 8.76. The van der Waals surface area contributed by atoms with Crippen molar-refractivity contribution in [1.29, 1.82) is 0 Å². The van der Waals surface area contributed by atoms with Gasteiger partial charge in [0.2, 0.25) is 5.91 Å². The fourth-order valence-electron chi connectivity index (χ4n) is 1.70. The Balaban J connectivity index is 2.16. The average Bonchev–Trinajstić information content (AvgIpc) is 3.03. The number of amides is 1. The molecule has 15 heavy (non-hydrogen) atoms. The molecule has 0 aliphatic heterocycles. The van der Waals surface area contributed by atoms with Crippen molar-refractivity contribution in [3.05, 3.63) is 0 Å². The number of carbonyl (C=O) groups is 1. The monoisotopic (exact) mass is 212 g/mol. The number of nitrogens with zero attached hydrogens (tertiary/aromatic N) is 1. The van der Waals surface area contributed by atoms with Gasteiger partial charge in [-0.2, -0.15) is 0 Å². The molecule has 0 spiro atoms. The SMILES string of the molecule is CCC(C)CNCC(=O)N(CC)C1CC1. The molecule has 1 saturated carbocycles. The summed E-state index contributed by atoms with van der Waals surface area (Å²) in [5.74, 6) is 0.928. The van der Waals surface area contributed by atoms with Crippen molar-refractivity contribution in [2.75, 3.05) is 19.6 Å². The molecule has 1 aliphatic carbocycles. The fourth-order valence-corrected chi connectivity index (χ4v) is 1.70. The second kappa shape index (κ2) is 6.11. The van der Waals surface area contributed by atoms with E-state index in [1.165, 1.54) is 19.3 Å². The van der Waals surface area contributed by atoms with E-state index in [1.54, 1.807) is 0 Å². The van der Waals surface area contributed by atoms with E-state index in [9.17, 15) is 4.79 Å². The van der Waals surface area contributed by atoms with Crippen LogP contribution in [0.4, 0.5) is 0 Å². The van der Waals surface area contributed by atoms with Crippen LogP contribution in [-0.4, -0.2) is 36.5 Å². The van der Waals surface area contributed by atoms with Crippen LogP contribution in [0, 0.1) is 5.92 Å². The first-order valence-corrected chi connectivity index (χ1v) is 6.19. The molecule has 1 N–H and O–H groups in total. The highest BCUT2D eigenvalue weighted by atomic mass is 16.2. The normalized spacial score (nSPS) is 17.5. The molecular formula is C12H24N2O. The highest BCUT2D eigenvalue weighted by Gasteiger charge is 2.30. The Morgan fingerprint density at radius 2 is 2.13 bits per heavy atom. The summed E-state index contributed by atoms with van der Waals surface area (Å²) < 4.78 is 0. The van der Waals surface area contributed by atoms with Crippen LogP contribution in [0.5, 0.6) is 0 Å². The van der Waals surface area contributed by atoms with Crippen molar-refractivity contribution in [1.82, 2.24) is 10.2 Å². The van der Waals surface area contributed by atoms with Gasteiger partial charge in [-0.15, -0.1) is 0 Å². The molecule has 1 aliphatic rings. The van der Waals surface area contributed by atoms with Crippen LogP contribution < -0.4 is 5.32 Å². The third kappa shape index (κ3) is 4.20. The molecule has 3 nitrogen and oxygen atoms in total. The first kappa shape index (κ1) is 12.5. The standard InChI is InChI=1S/C12H24N2O/c1-4-10(3)8-13-9-12(15)14(5-2)11-6-7-11/h10-11,13H,4-9H2,1-3H3. The average molecular weight is 212 g/mol. The zero-order chi connectivity index (χ0) is 11.3. The van der Waals surface area contributed by atoms with Gasteiger partial charge in [0.1, 0.15) is 0 Å². The van der Waals surface area contributed by atoms with E-state index in [4.69, 9.17) is 0 Å². The van der Waals surface area contributed by atoms with E-state index in [2.05, 4.69) is 26.1 Å². The van der Waals surface area contributed by atoms with Gasteiger partial charge in [0, 0.05) is 12.6 Å². The lowest BCUT2D eigenvalue weighted by Gasteiger charge is -2.21. The molecule has 0 radical (unpaired) electrons. The van der Waals surface area contributed by atoms with E-state index in [-0.39, 0.29) is 5.91 Å². The maximum absolute atomic E-state index is 11.8. The minimum absolute atomic E-state index is 0.267. The number of hydrogen-bond donors (Lipinski definition) is 1. The van der Waals surface area contributed by atoms with Crippen LogP contribution in [-0.2, 0) is 4.79 Å². The Bertz CT molecular complexity index is 202. The van der Waals surface area contributed by atoms with Crippen LogP contribution in [0.15, 0.2) is 0 Å². The topological polar surface area (TPSA) is 32.3 Å². The van der Waals surface area contributed by atoms with Crippen LogP contribution in [0.3, 0.4) is 0 Å². The highest BCUT2D eigenvalue weighted by molar-refractivity contribution is 5.78. The van der Waals surface area contributed by atoms with Crippen LogP contribution in [0.1, 0.15) is 40.0 Å². The molecule has 88 valence electrons. The molecule has 1 unspecified atom stereocenters. The Morgan fingerprint density at radius 1 is 1.47 bits per heavy atom. The van der Waals surface area contributed by atoms with Crippen molar-refractivity contribution in [3.63, 3.8) is 0 Å². The lowest BCUT2D eigenvalue weighted by Crippen LogP contribution is -2.40. The van der Waals surface area contributed by atoms with Gasteiger partial charge >= 0.3 is 0 Å². The minimum atomic E-state index is 0.267. The van der Waals surface area contributed by atoms with Crippen LogP contribution in [0.2, 0.25) is 0 Å². The Hall–Kier alpha value is -0.570. The smallest absolute Gasteiger partial charge is 0.236 e. The molecule has 3 heteroatoms. The van der Waals surface area contributed by atoms with Gasteiger partial charge in [0.15, 0.2) is 0 Å². The van der Waals surface area contributed by atoms with Gasteiger partial charge in [0.25, 0.3) is 0 Å². The maximum atomic E-state index is 11.8. The second-order valence-electron chi connectivity index (χ2n) is 4.56. The lowest BCUT2D eigenvalue weighted by atomic mass is 10.1. The molecule has 0 heterocycles. The van der Waals surface area contributed by atoms with Gasteiger partial charge in [-0.1, -0.05) is 20.3 Å². The van der Waals surface area contributed by atoms with Crippen LogP contribution in [0.25, 0.3) is 0 Å². The summed E-state index contributed by atoms with van der Waals surface area (Å²) in [7, 11) is 0. The fraction of sp³-hybridized carbons (Fsp3) is 0.917. The molecule has 0 aromatic carbocycles. The third-order valence-corrected chi connectivity index (χ3v) is 3.11. The molecule has 0 aromatic rings. The van der Waals surface area contributed by atoms with Gasteiger partial charge in [-0.05, 0) is 32.2 Å². The number of likely N-dealkylation sites (N-methyl/N-ethyl adjacent to an activating group) is 1. The molecule has 1 fully saturated rings. The number of nitrogens with one attached hydrogen (secondary N) is 1. The summed E-state index contributed by atoms with van der Waals surface area (Å²) >= 11 is 0. The summed E-state index contributed by atoms with van der Waals surface area (Å²) in [6, 6.07) is 0.549. The van der Waals surface area contributed by atoms with Crippen molar-refractivity contribution in [2.24, 2.45) is 5.92 Å². The van der Waals surface area contributed by atoms with E-state index >= 15 is 0 Å². The second-order valence-corrected chi connectivity index (χ2v) is 4.56. The number of hydrogen-bond acceptors (Lipinski definition) is 2.